The van der Waals surface area contributed by atoms with E-state index in [4.69, 9.17) is 5.84 Å². The van der Waals surface area contributed by atoms with Crippen LogP contribution in [0.2, 0.25) is 0 Å². The first kappa shape index (κ1) is 14.2. The van der Waals surface area contributed by atoms with Gasteiger partial charge in [0.05, 0.1) is 4.90 Å². The maximum atomic E-state index is 12.6. The summed E-state index contributed by atoms with van der Waals surface area (Å²) in [5, 5.41) is 0. The van der Waals surface area contributed by atoms with E-state index in [1.54, 1.807) is 4.31 Å². The topological polar surface area (TPSA) is 88.3 Å². The molecule has 1 aromatic heterocycles. The minimum Gasteiger partial charge on any atom is -0.308 e. The number of nitrogens with two attached hydrogens (primary N) is 1. The fourth-order valence-corrected chi connectivity index (χ4v) is 3.81. The molecule has 1 heterocycles. The zero-order valence-corrected chi connectivity index (χ0v) is 12.0. The fraction of sp³-hybridized carbons (Fsp3) is 0.583. The van der Waals surface area contributed by atoms with Crippen molar-refractivity contribution in [2.75, 3.05) is 12.0 Å². The summed E-state index contributed by atoms with van der Waals surface area (Å²) >= 11 is 0. The molecule has 3 N–H and O–H groups in total. The molecule has 19 heavy (non-hydrogen) atoms. The molecule has 2 rings (SSSR count). The van der Waals surface area contributed by atoms with Crippen molar-refractivity contribution in [2.24, 2.45) is 11.8 Å². The van der Waals surface area contributed by atoms with E-state index < -0.39 is 10.0 Å². The quantitative estimate of drug-likeness (QED) is 0.605. The summed E-state index contributed by atoms with van der Waals surface area (Å²) in [6, 6.07) is 3.12. The summed E-state index contributed by atoms with van der Waals surface area (Å²) in [6.45, 7) is 4.58. The van der Waals surface area contributed by atoms with Crippen LogP contribution in [-0.2, 0) is 10.0 Å². The number of sulfonamides is 1. The number of nitrogens with zero attached hydrogens (tertiary/aromatic N) is 2. The fourth-order valence-electron chi connectivity index (χ4n) is 1.95. The van der Waals surface area contributed by atoms with Crippen molar-refractivity contribution in [3.63, 3.8) is 0 Å². The Morgan fingerprint density at radius 2 is 2.21 bits per heavy atom. The molecule has 0 bridgehead atoms. The van der Waals surface area contributed by atoms with Gasteiger partial charge in [-0.05, 0) is 24.8 Å². The Hall–Kier alpha value is -1.18. The van der Waals surface area contributed by atoms with Crippen LogP contribution >= 0.6 is 0 Å². The van der Waals surface area contributed by atoms with E-state index >= 15 is 0 Å². The van der Waals surface area contributed by atoms with Gasteiger partial charge in [0.15, 0.2) is 0 Å². The van der Waals surface area contributed by atoms with Crippen LogP contribution in [-0.4, -0.2) is 30.3 Å². The molecule has 6 nitrogen and oxygen atoms in total. The molecule has 0 unspecified atom stereocenters. The highest BCUT2D eigenvalue weighted by atomic mass is 32.2. The zero-order chi connectivity index (χ0) is 14.0. The molecule has 0 radical (unpaired) electrons. The van der Waals surface area contributed by atoms with Gasteiger partial charge < -0.3 is 5.43 Å². The van der Waals surface area contributed by atoms with Crippen molar-refractivity contribution < 1.29 is 8.42 Å². The number of hydrogen-bond donors (Lipinski definition) is 2. The highest BCUT2D eigenvalue weighted by Crippen LogP contribution is 2.32. The third-order valence-electron chi connectivity index (χ3n) is 2.99. The smallest absolute Gasteiger partial charge is 0.243 e. The summed E-state index contributed by atoms with van der Waals surface area (Å²) in [6.07, 6.45) is 3.33. The number of hydrogen-bond acceptors (Lipinski definition) is 5. The molecule has 0 spiro atoms. The van der Waals surface area contributed by atoms with Crippen LogP contribution in [0.1, 0.15) is 26.7 Å². The lowest BCUT2D eigenvalue weighted by Gasteiger charge is -2.23. The first-order valence-corrected chi connectivity index (χ1v) is 7.83. The lowest BCUT2D eigenvalue weighted by atomic mass is 10.2. The Kier molecular flexibility index (Phi) is 4.07. The van der Waals surface area contributed by atoms with Crippen LogP contribution in [0.15, 0.2) is 23.2 Å². The first-order chi connectivity index (χ1) is 8.95. The molecule has 0 saturated heterocycles. The molecule has 0 aromatic carbocycles. The van der Waals surface area contributed by atoms with Gasteiger partial charge in [0.1, 0.15) is 5.82 Å². The van der Waals surface area contributed by atoms with Crippen LogP contribution in [0.3, 0.4) is 0 Å². The lowest BCUT2D eigenvalue weighted by molar-refractivity contribution is 0.360. The van der Waals surface area contributed by atoms with Gasteiger partial charge in [0, 0.05) is 24.8 Å². The van der Waals surface area contributed by atoms with Crippen molar-refractivity contribution in [2.45, 2.75) is 37.6 Å². The van der Waals surface area contributed by atoms with Gasteiger partial charge in [-0.3, -0.25) is 0 Å². The standard InChI is InChI=1S/C12H20N4O2S/c1-9(2)8-16(10-3-4-10)19(17,18)11-5-6-14-12(7-11)15-13/h5-7,9-10H,3-4,8,13H2,1-2H3,(H,14,15). The first-order valence-electron chi connectivity index (χ1n) is 6.39. The Bertz CT molecular complexity index is 540. The third-order valence-corrected chi connectivity index (χ3v) is 4.90. The Labute approximate surface area is 114 Å². The summed E-state index contributed by atoms with van der Waals surface area (Å²) < 4.78 is 26.9. The summed E-state index contributed by atoms with van der Waals surface area (Å²) in [7, 11) is -3.47. The maximum Gasteiger partial charge on any atom is 0.243 e. The average molecular weight is 284 g/mol. The van der Waals surface area contributed by atoms with E-state index in [9.17, 15) is 8.42 Å². The van der Waals surface area contributed by atoms with Crippen molar-refractivity contribution in [3.8, 4) is 0 Å². The minimum atomic E-state index is -3.47. The summed E-state index contributed by atoms with van der Waals surface area (Å²) in [5.41, 5.74) is 2.37. The average Bonchev–Trinajstić information content (AvgIpc) is 3.20. The van der Waals surface area contributed by atoms with Gasteiger partial charge in [0.2, 0.25) is 10.0 Å². The molecule has 1 aliphatic carbocycles. The number of anilines is 1. The predicted octanol–water partition coefficient (Wildman–Crippen LogP) is 1.18. The lowest BCUT2D eigenvalue weighted by Crippen LogP contribution is -2.36. The predicted molar refractivity (Wildman–Crippen MR) is 73.8 cm³/mol. The van der Waals surface area contributed by atoms with Crippen molar-refractivity contribution in [1.29, 1.82) is 0 Å². The van der Waals surface area contributed by atoms with E-state index in [2.05, 4.69) is 10.4 Å². The van der Waals surface area contributed by atoms with Gasteiger partial charge in [-0.2, -0.15) is 4.31 Å². The van der Waals surface area contributed by atoms with E-state index in [0.29, 0.717) is 18.3 Å². The second-order valence-corrected chi connectivity index (χ2v) is 7.11. The van der Waals surface area contributed by atoms with E-state index in [1.165, 1.54) is 18.3 Å². The molecule has 1 aliphatic rings. The zero-order valence-electron chi connectivity index (χ0n) is 11.2. The van der Waals surface area contributed by atoms with Gasteiger partial charge >= 0.3 is 0 Å². The number of rotatable bonds is 6. The molecule has 0 aliphatic heterocycles. The molecular formula is C12H20N4O2S. The van der Waals surface area contributed by atoms with Gasteiger partial charge in [-0.1, -0.05) is 13.8 Å². The highest BCUT2D eigenvalue weighted by molar-refractivity contribution is 7.89. The Morgan fingerprint density at radius 1 is 1.53 bits per heavy atom. The summed E-state index contributed by atoms with van der Waals surface area (Å²) in [5.74, 6) is 5.91. The molecule has 1 fully saturated rings. The maximum absolute atomic E-state index is 12.6. The molecular weight excluding hydrogens is 264 g/mol. The monoisotopic (exact) mass is 284 g/mol. The van der Waals surface area contributed by atoms with Gasteiger partial charge in [-0.15, -0.1) is 0 Å². The number of pyridine rings is 1. The minimum absolute atomic E-state index is 0.148. The van der Waals surface area contributed by atoms with Gasteiger partial charge in [-0.25, -0.2) is 19.2 Å². The van der Waals surface area contributed by atoms with Crippen molar-refractivity contribution >= 4 is 15.8 Å². The van der Waals surface area contributed by atoms with Crippen LogP contribution in [0.5, 0.6) is 0 Å². The molecule has 7 heteroatoms. The molecule has 106 valence electrons. The van der Waals surface area contributed by atoms with Crippen LogP contribution in [0.4, 0.5) is 5.82 Å². The second-order valence-electron chi connectivity index (χ2n) is 5.22. The van der Waals surface area contributed by atoms with Crippen LogP contribution < -0.4 is 11.3 Å². The molecule has 1 aromatic rings. The number of aromatic nitrogens is 1. The third kappa shape index (κ3) is 3.23. The highest BCUT2D eigenvalue weighted by Gasteiger charge is 2.38. The van der Waals surface area contributed by atoms with Crippen LogP contribution in [0, 0.1) is 5.92 Å². The molecule has 0 amide bonds. The van der Waals surface area contributed by atoms with E-state index in [-0.39, 0.29) is 10.9 Å². The van der Waals surface area contributed by atoms with Crippen molar-refractivity contribution in [3.05, 3.63) is 18.3 Å². The SMILES string of the molecule is CC(C)CN(C1CC1)S(=O)(=O)c1ccnc(NN)c1. The van der Waals surface area contributed by atoms with Gasteiger partial charge in [0.25, 0.3) is 0 Å². The van der Waals surface area contributed by atoms with E-state index in [0.717, 1.165) is 12.8 Å². The number of nitrogens with one attached hydrogen (secondary N) is 1. The second kappa shape index (κ2) is 5.44. The number of nitrogen functional groups attached to an aromatic ring is 1. The Morgan fingerprint density at radius 3 is 2.74 bits per heavy atom. The Balaban J connectivity index is 2.32. The normalized spacial score (nSPS) is 16.1. The summed E-state index contributed by atoms with van der Waals surface area (Å²) in [4.78, 5) is 4.17. The van der Waals surface area contributed by atoms with E-state index in [1.807, 2.05) is 13.8 Å². The largest absolute Gasteiger partial charge is 0.308 e. The van der Waals surface area contributed by atoms with Crippen molar-refractivity contribution in [1.82, 2.24) is 9.29 Å². The number of hydrazine groups is 1. The van der Waals surface area contributed by atoms with Crippen LogP contribution in [0.25, 0.3) is 0 Å². The molecule has 0 atom stereocenters. The molecule has 1 saturated carbocycles.